The lowest BCUT2D eigenvalue weighted by atomic mass is 10.1. The molecule has 2 aliphatic heterocycles. The van der Waals surface area contributed by atoms with E-state index in [4.69, 9.17) is 9.47 Å². The SMILES string of the molecule is CN=C(NCC1CCCO1)NCC(c1cccs1)N1CCOC(C)C1. The molecule has 0 aromatic carbocycles. The Morgan fingerprint density at radius 3 is 3.00 bits per heavy atom. The quantitative estimate of drug-likeness (QED) is 0.594. The first kappa shape index (κ1) is 18.6. The number of guanidine groups is 1. The first-order chi connectivity index (χ1) is 12.3. The summed E-state index contributed by atoms with van der Waals surface area (Å²) in [6.45, 7) is 7.41. The highest BCUT2D eigenvalue weighted by molar-refractivity contribution is 7.10. The monoisotopic (exact) mass is 366 g/mol. The van der Waals surface area contributed by atoms with Gasteiger partial charge >= 0.3 is 0 Å². The summed E-state index contributed by atoms with van der Waals surface area (Å²) in [5.74, 6) is 0.846. The van der Waals surface area contributed by atoms with Gasteiger partial charge in [0.1, 0.15) is 0 Å². The van der Waals surface area contributed by atoms with E-state index < -0.39 is 0 Å². The van der Waals surface area contributed by atoms with Gasteiger partial charge in [-0.15, -0.1) is 11.3 Å². The highest BCUT2D eigenvalue weighted by Crippen LogP contribution is 2.26. The largest absolute Gasteiger partial charge is 0.376 e. The zero-order valence-electron chi connectivity index (χ0n) is 15.2. The maximum Gasteiger partial charge on any atom is 0.191 e. The van der Waals surface area contributed by atoms with E-state index in [1.54, 1.807) is 0 Å². The van der Waals surface area contributed by atoms with Gasteiger partial charge in [-0.05, 0) is 31.2 Å². The van der Waals surface area contributed by atoms with E-state index >= 15 is 0 Å². The number of ether oxygens (including phenoxy) is 2. The Labute approximate surface area is 154 Å². The average molecular weight is 367 g/mol. The summed E-state index contributed by atoms with van der Waals surface area (Å²) < 4.78 is 11.4. The lowest BCUT2D eigenvalue weighted by Crippen LogP contribution is -2.48. The Balaban J connectivity index is 1.55. The summed E-state index contributed by atoms with van der Waals surface area (Å²) >= 11 is 1.82. The fourth-order valence-electron chi connectivity index (χ4n) is 3.45. The van der Waals surface area contributed by atoms with Crippen molar-refractivity contribution in [3.05, 3.63) is 22.4 Å². The molecule has 1 aromatic heterocycles. The van der Waals surface area contributed by atoms with Gasteiger partial charge in [0.15, 0.2) is 5.96 Å². The first-order valence-corrected chi connectivity index (χ1v) is 10.1. The molecule has 0 saturated carbocycles. The van der Waals surface area contributed by atoms with E-state index in [0.29, 0.717) is 12.1 Å². The molecule has 2 aliphatic rings. The van der Waals surface area contributed by atoms with E-state index in [2.05, 4.69) is 45.0 Å². The molecule has 3 rings (SSSR count). The molecule has 2 fully saturated rings. The lowest BCUT2D eigenvalue weighted by molar-refractivity contribution is -0.0334. The summed E-state index contributed by atoms with van der Waals surface area (Å²) in [5.41, 5.74) is 0. The van der Waals surface area contributed by atoms with Crippen LogP contribution in [0.15, 0.2) is 22.5 Å². The average Bonchev–Trinajstić information content (AvgIpc) is 3.32. The smallest absolute Gasteiger partial charge is 0.191 e. The summed E-state index contributed by atoms with van der Waals surface area (Å²) in [5, 5.41) is 9.05. The molecule has 0 bridgehead atoms. The Morgan fingerprint density at radius 2 is 2.32 bits per heavy atom. The number of aliphatic imine (C=N–C) groups is 1. The van der Waals surface area contributed by atoms with E-state index in [1.807, 2.05) is 18.4 Å². The number of hydrogen-bond donors (Lipinski definition) is 2. The van der Waals surface area contributed by atoms with Gasteiger partial charge in [0.2, 0.25) is 0 Å². The van der Waals surface area contributed by atoms with Gasteiger partial charge in [-0.3, -0.25) is 9.89 Å². The van der Waals surface area contributed by atoms with Crippen LogP contribution in [0.4, 0.5) is 0 Å². The zero-order chi connectivity index (χ0) is 17.5. The molecule has 3 unspecified atom stereocenters. The fourth-order valence-corrected chi connectivity index (χ4v) is 4.31. The van der Waals surface area contributed by atoms with Crippen molar-refractivity contribution in [2.75, 3.05) is 46.4 Å². The Hall–Kier alpha value is -1.15. The fraction of sp³-hybridized carbons (Fsp3) is 0.722. The van der Waals surface area contributed by atoms with Gasteiger partial charge in [0.25, 0.3) is 0 Å². The molecule has 0 spiro atoms. The number of nitrogens with zero attached hydrogens (tertiary/aromatic N) is 2. The van der Waals surface area contributed by atoms with Crippen molar-refractivity contribution < 1.29 is 9.47 Å². The van der Waals surface area contributed by atoms with E-state index in [9.17, 15) is 0 Å². The molecule has 2 saturated heterocycles. The number of rotatable bonds is 6. The molecule has 3 heterocycles. The third-order valence-electron chi connectivity index (χ3n) is 4.79. The number of hydrogen-bond acceptors (Lipinski definition) is 5. The number of morpholine rings is 1. The van der Waals surface area contributed by atoms with Crippen molar-refractivity contribution >= 4 is 17.3 Å². The minimum Gasteiger partial charge on any atom is -0.376 e. The van der Waals surface area contributed by atoms with Crippen molar-refractivity contribution in [3.63, 3.8) is 0 Å². The summed E-state index contributed by atoms with van der Waals surface area (Å²) in [7, 11) is 1.82. The van der Waals surface area contributed by atoms with Gasteiger partial charge in [-0.2, -0.15) is 0 Å². The second-order valence-corrected chi connectivity index (χ2v) is 7.66. The highest BCUT2D eigenvalue weighted by atomic mass is 32.1. The topological polar surface area (TPSA) is 58.1 Å². The molecule has 0 amide bonds. The van der Waals surface area contributed by atoms with Gasteiger partial charge < -0.3 is 20.1 Å². The maximum atomic E-state index is 5.71. The van der Waals surface area contributed by atoms with Crippen LogP contribution in [0.1, 0.15) is 30.7 Å². The molecule has 0 radical (unpaired) electrons. The molecule has 2 N–H and O–H groups in total. The normalized spacial score (nSPS) is 26.6. The van der Waals surface area contributed by atoms with Gasteiger partial charge in [-0.25, -0.2) is 0 Å². The van der Waals surface area contributed by atoms with Crippen LogP contribution in [0.25, 0.3) is 0 Å². The maximum absolute atomic E-state index is 5.71. The molecular formula is C18H30N4O2S. The van der Waals surface area contributed by atoms with Crippen molar-refractivity contribution in [2.45, 2.75) is 38.0 Å². The van der Waals surface area contributed by atoms with E-state index in [-0.39, 0.29) is 6.10 Å². The van der Waals surface area contributed by atoms with E-state index in [0.717, 1.165) is 58.2 Å². The second kappa shape index (κ2) is 9.52. The predicted octanol–water partition coefficient (Wildman–Crippen LogP) is 1.85. The van der Waals surface area contributed by atoms with Crippen molar-refractivity contribution in [3.8, 4) is 0 Å². The van der Waals surface area contributed by atoms with Crippen LogP contribution in [0, 0.1) is 0 Å². The van der Waals surface area contributed by atoms with Crippen LogP contribution in [-0.4, -0.2) is 69.5 Å². The van der Waals surface area contributed by atoms with Crippen LogP contribution in [0.3, 0.4) is 0 Å². The zero-order valence-corrected chi connectivity index (χ0v) is 16.1. The van der Waals surface area contributed by atoms with Gasteiger partial charge in [-0.1, -0.05) is 6.07 Å². The molecule has 1 aromatic rings. The molecule has 7 heteroatoms. The van der Waals surface area contributed by atoms with Crippen LogP contribution in [0.5, 0.6) is 0 Å². The Kier molecular flexibility index (Phi) is 7.10. The third-order valence-corrected chi connectivity index (χ3v) is 5.77. The van der Waals surface area contributed by atoms with Crippen LogP contribution in [0.2, 0.25) is 0 Å². The highest BCUT2D eigenvalue weighted by Gasteiger charge is 2.26. The molecular weight excluding hydrogens is 336 g/mol. The van der Waals surface area contributed by atoms with Crippen molar-refractivity contribution in [1.29, 1.82) is 0 Å². The molecule has 25 heavy (non-hydrogen) atoms. The Bertz CT molecular complexity index is 531. The lowest BCUT2D eigenvalue weighted by Gasteiger charge is -2.37. The summed E-state index contributed by atoms with van der Waals surface area (Å²) in [6, 6.07) is 4.69. The van der Waals surface area contributed by atoms with Crippen LogP contribution >= 0.6 is 11.3 Å². The number of thiophene rings is 1. The first-order valence-electron chi connectivity index (χ1n) is 9.21. The molecule has 140 valence electrons. The minimum absolute atomic E-state index is 0.285. The van der Waals surface area contributed by atoms with Crippen molar-refractivity contribution in [2.24, 2.45) is 4.99 Å². The standard InChI is InChI=1S/C18H30N4O2S/c1-14-13-22(7-9-23-14)16(17-6-4-10-25-17)12-21-18(19-2)20-11-15-5-3-8-24-15/h4,6,10,14-16H,3,5,7-9,11-13H2,1-2H3,(H2,19,20,21). The molecule has 6 nitrogen and oxygen atoms in total. The second-order valence-electron chi connectivity index (χ2n) is 6.68. The van der Waals surface area contributed by atoms with Crippen LogP contribution < -0.4 is 10.6 Å². The van der Waals surface area contributed by atoms with Crippen molar-refractivity contribution in [1.82, 2.24) is 15.5 Å². The molecule has 3 atom stereocenters. The predicted molar refractivity (Wildman–Crippen MR) is 102 cm³/mol. The Morgan fingerprint density at radius 1 is 1.40 bits per heavy atom. The summed E-state index contributed by atoms with van der Waals surface area (Å²) in [4.78, 5) is 8.26. The number of nitrogens with one attached hydrogen (secondary N) is 2. The summed E-state index contributed by atoms with van der Waals surface area (Å²) in [6.07, 6.45) is 2.89. The van der Waals surface area contributed by atoms with Gasteiger partial charge in [0.05, 0.1) is 24.9 Å². The molecule has 0 aliphatic carbocycles. The van der Waals surface area contributed by atoms with E-state index in [1.165, 1.54) is 4.88 Å². The third kappa shape index (κ3) is 5.41. The minimum atomic E-state index is 0.285. The van der Waals surface area contributed by atoms with Gasteiger partial charge in [0, 0.05) is 44.7 Å². The van der Waals surface area contributed by atoms with Crippen LogP contribution in [-0.2, 0) is 9.47 Å².